The molecule has 0 saturated heterocycles. The van der Waals surface area contributed by atoms with Crippen molar-refractivity contribution in [3.63, 3.8) is 0 Å². The summed E-state index contributed by atoms with van der Waals surface area (Å²) in [7, 11) is 0. The van der Waals surface area contributed by atoms with E-state index in [1.165, 1.54) is 0 Å². The van der Waals surface area contributed by atoms with Crippen LogP contribution in [0.5, 0.6) is 0 Å². The van der Waals surface area contributed by atoms with Gasteiger partial charge in [0.05, 0.1) is 0 Å². The van der Waals surface area contributed by atoms with Crippen LogP contribution in [0, 0.1) is 5.92 Å². The van der Waals surface area contributed by atoms with Gasteiger partial charge in [-0.15, -0.1) is 0 Å². The van der Waals surface area contributed by atoms with E-state index in [4.69, 9.17) is 15.6 Å². The van der Waals surface area contributed by atoms with Crippen molar-refractivity contribution in [2.75, 3.05) is 0 Å². The standard InChI is InChI=1S/C7H15NO.CH2O2/c1-3-4-5-6(2)7(8)9;2-1-3/h6H,3-5H2,1-2H3,(H2,8,9);1H,(H,2,3). The van der Waals surface area contributed by atoms with Gasteiger partial charge in [0.2, 0.25) is 5.91 Å². The summed E-state index contributed by atoms with van der Waals surface area (Å²) in [6.07, 6.45) is 3.17. The number of hydrogen-bond donors (Lipinski definition) is 2. The maximum absolute atomic E-state index is 10.4. The van der Waals surface area contributed by atoms with Crippen LogP contribution < -0.4 is 5.73 Å². The first-order valence-corrected chi connectivity index (χ1v) is 3.97. The van der Waals surface area contributed by atoms with E-state index in [1.54, 1.807) is 0 Å². The van der Waals surface area contributed by atoms with Crippen LogP contribution in [0.25, 0.3) is 0 Å². The van der Waals surface area contributed by atoms with Gasteiger partial charge in [-0.3, -0.25) is 9.59 Å². The van der Waals surface area contributed by atoms with Crippen molar-refractivity contribution in [3.05, 3.63) is 0 Å². The molecule has 1 unspecified atom stereocenters. The van der Waals surface area contributed by atoms with Crippen LogP contribution in [-0.2, 0) is 9.59 Å². The molecule has 0 bridgehead atoms. The zero-order chi connectivity index (χ0) is 9.98. The number of carboxylic acid groups (broad SMARTS) is 1. The summed E-state index contributed by atoms with van der Waals surface area (Å²) < 4.78 is 0. The predicted octanol–water partition coefficient (Wildman–Crippen LogP) is 0.999. The number of nitrogens with two attached hydrogens (primary N) is 1. The minimum absolute atomic E-state index is 0.0601. The maximum atomic E-state index is 10.4. The Morgan fingerprint density at radius 1 is 1.67 bits per heavy atom. The Morgan fingerprint density at radius 3 is 2.33 bits per heavy atom. The molecular formula is C8H17NO3. The smallest absolute Gasteiger partial charge is 0.290 e. The summed E-state index contributed by atoms with van der Waals surface area (Å²) in [5, 5.41) is 6.89. The third-order valence-corrected chi connectivity index (χ3v) is 1.48. The summed E-state index contributed by atoms with van der Waals surface area (Å²) in [5.41, 5.74) is 5.04. The number of amides is 1. The number of primary amides is 1. The number of carbonyl (C=O) groups is 2. The highest BCUT2D eigenvalue weighted by atomic mass is 16.3. The Labute approximate surface area is 72.8 Å². The molecule has 0 aliphatic rings. The van der Waals surface area contributed by atoms with Gasteiger partial charge in [-0.1, -0.05) is 26.7 Å². The van der Waals surface area contributed by atoms with Gasteiger partial charge < -0.3 is 10.8 Å². The van der Waals surface area contributed by atoms with Gasteiger partial charge in [0.1, 0.15) is 0 Å². The van der Waals surface area contributed by atoms with Gasteiger partial charge >= 0.3 is 0 Å². The van der Waals surface area contributed by atoms with Gasteiger partial charge in [-0.2, -0.15) is 0 Å². The van der Waals surface area contributed by atoms with Gasteiger partial charge in [0.15, 0.2) is 0 Å². The average molecular weight is 175 g/mol. The van der Waals surface area contributed by atoms with Crippen molar-refractivity contribution >= 4 is 12.4 Å². The van der Waals surface area contributed by atoms with Crippen molar-refractivity contribution in [2.45, 2.75) is 33.1 Å². The van der Waals surface area contributed by atoms with Gasteiger partial charge in [-0.25, -0.2) is 0 Å². The lowest BCUT2D eigenvalue weighted by Crippen LogP contribution is -2.20. The molecular weight excluding hydrogens is 158 g/mol. The van der Waals surface area contributed by atoms with Crippen LogP contribution in [0.3, 0.4) is 0 Å². The van der Waals surface area contributed by atoms with Crippen LogP contribution >= 0.6 is 0 Å². The molecule has 4 heteroatoms. The van der Waals surface area contributed by atoms with E-state index in [-0.39, 0.29) is 18.3 Å². The average Bonchev–Trinajstić information content (AvgIpc) is 2.01. The quantitative estimate of drug-likeness (QED) is 0.625. The summed E-state index contributed by atoms with van der Waals surface area (Å²) in [4.78, 5) is 18.8. The topological polar surface area (TPSA) is 80.4 Å². The molecule has 3 N–H and O–H groups in total. The Morgan fingerprint density at radius 2 is 2.08 bits per heavy atom. The van der Waals surface area contributed by atoms with Crippen molar-refractivity contribution in [2.24, 2.45) is 11.7 Å². The Hall–Kier alpha value is -1.06. The first kappa shape index (κ1) is 13.5. The van der Waals surface area contributed by atoms with Crippen molar-refractivity contribution in [1.82, 2.24) is 0 Å². The number of rotatable bonds is 4. The molecule has 0 aromatic rings. The van der Waals surface area contributed by atoms with E-state index in [0.29, 0.717) is 0 Å². The Kier molecular flexibility index (Phi) is 11.2. The zero-order valence-electron chi connectivity index (χ0n) is 7.62. The van der Waals surface area contributed by atoms with E-state index in [1.807, 2.05) is 6.92 Å². The van der Waals surface area contributed by atoms with Crippen LogP contribution in [0.4, 0.5) is 0 Å². The molecule has 72 valence electrons. The summed E-state index contributed by atoms with van der Waals surface area (Å²) in [5.74, 6) is -0.117. The third-order valence-electron chi connectivity index (χ3n) is 1.48. The predicted molar refractivity (Wildman–Crippen MR) is 46.6 cm³/mol. The van der Waals surface area contributed by atoms with Crippen molar-refractivity contribution in [1.29, 1.82) is 0 Å². The van der Waals surface area contributed by atoms with Crippen LogP contribution in [0.1, 0.15) is 33.1 Å². The molecule has 1 amide bonds. The normalized spacial score (nSPS) is 10.8. The Bertz CT molecular complexity index is 125. The molecule has 0 aliphatic heterocycles. The second kappa shape index (κ2) is 9.94. The highest BCUT2D eigenvalue weighted by Crippen LogP contribution is 2.05. The SMILES string of the molecule is CCCCC(C)C(N)=O.O=CO. The number of carbonyl (C=O) groups excluding carboxylic acids is 1. The molecule has 0 fully saturated rings. The number of unbranched alkanes of at least 4 members (excludes halogenated alkanes) is 1. The van der Waals surface area contributed by atoms with Crippen molar-refractivity contribution in [3.8, 4) is 0 Å². The molecule has 4 nitrogen and oxygen atoms in total. The summed E-state index contributed by atoms with van der Waals surface area (Å²) >= 11 is 0. The van der Waals surface area contributed by atoms with Crippen LogP contribution in [0.15, 0.2) is 0 Å². The molecule has 1 atom stereocenters. The zero-order valence-corrected chi connectivity index (χ0v) is 7.62. The first-order valence-electron chi connectivity index (χ1n) is 3.97. The molecule has 0 heterocycles. The highest BCUT2D eigenvalue weighted by Gasteiger charge is 2.05. The second-order valence-electron chi connectivity index (χ2n) is 2.55. The van der Waals surface area contributed by atoms with Gasteiger partial charge in [0.25, 0.3) is 6.47 Å². The molecule has 0 aromatic carbocycles. The van der Waals surface area contributed by atoms with Gasteiger partial charge in [-0.05, 0) is 6.42 Å². The molecule has 0 aliphatic carbocycles. The molecule has 0 spiro atoms. The lowest BCUT2D eigenvalue weighted by atomic mass is 10.0. The fraction of sp³-hybridized carbons (Fsp3) is 0.750. The van der Waals surface area contributed by atoms with Crippen LogP contribution in [0.2, 0.25) is 0 Å². The highest BCUT2D eigenvalue weighted by molar-refractivity contribution is 5.76. The monoisotopic (exact) mass is 175 g/mol. The van der Waals surface area contributed by atoms with Gasteiger partial charge in [0, 0.05) is 5.92 Å². The molecule has 0 saturated carbocycles. The fourth-order valence-corrected chi connectivity index (χ4v) is 0.653. The lowest BCUT2D eigenvalue weighted by Gasteiger charge is -2.03. The minimum atomic E-state index is -0.250. The second-order valence-corrected chi connectivity index (χ2v) is 2.55. The van der Waals surface area contributed by atoms with E-state index in [0.717, 1.165) is 19.3 Å². The largest absolute Gasteiger partial charge is 0.483 e. The lowest BCUT2D eigenvalue weighted by molar-refractivity contribution is -0.123. The minimum Gasteiger partial charge on any atom is -0.483 e. The fourth-order valence-electron chi connectivity index (χ4n) is 0.653. The molecule has 12 heavy (non-hydrogen) atoms. The van der Waals surface area contributed by atoms with Crippen molar-refractivity contribution < 1.29 is 14.7 Å². The summed E-state index contributed by atoms with van der Waals surface area (Å²) in [6, 6.07) is 0. The molecule has 0 radical (unpaired) electrons. The van der Waals surface area contributed by atoms with E-state index < -0.39 is 0 Å². The van der Waals surface area contributed by atoms with E-state index in [9.17, 15) is 4.79 Å². The summed E-state index contributed by atoms with van der Waals surface area (Å²) in [6.45, 7) is 3.73. The van der Waals surface area contributed by atoms with Crippen LogP contribution in [-0.4, -0.2) is 17.5 Å². The van der Waals surface area contributed by atoms with E-state index >= 15 is 0 Å². The van der Waals surface area contributed by atoms with E-state index in [2.05, 4.69) is 6.92 Å². The molecule has 0 aromatic heterocycles. The number of hydrogen-bond acceptors (Lipinski definition) is 2. The first-order chi connectivity index (χ1) is 5.59. The third kappa shape index (κ3) is 11.7. The Balaban J connectivity index is 0. The molecule has 0 rings (SSSR count). The maximum Gasteiger partial charge on any atom is 0.290 e.